The van der Waals surface area contributed by atoms with Gasteiger partial charge in [-0.2, -0.15) is 0 Å². The Labute approximate surface area is 212 Å². The summed E-state index contributed by atoms with van der Waals surface area (Å²) >= 11 is 0. The second-order valence-electron chi connectivity index (χ2n) is 9.34. The van der Waals surface area contributed by atoms with E-state index in [9.17, 15) is 14.0 Å². The fraction of sp³-hybridized carbons (Fsp3) is 0.241. The normalized spacial score (nSPS) is 16.8. The van der Waals surface area contributed by atoms with Gasteiger partial charge in [0.15, 0.2) is 11.5 Å². The number of nitrogens with one attached hydrogen (secondary N) is 1. The largest absolute Gasteiger partial charge is 0.486 e. The predicted octanol–water partition coefficient (Wildman–Crippen LogP) is 5.27. The quantitative estimate of drug-likeness (QED) is 0.374. The van der Waals surface area contributed by atoms with Crippen molar-refractivity contribution in [3.05, 3.63) is 113 Å². The van der Waals surface area contributed by atoms with Crippen LogP contribution >= 0.6 is 0 Å². The Bertz CT molecular complexity index is 1420. The van der Waals surface area contributed by atoms with Crippen LogP contribution in [0.2, 0.25) is 0 Å². The van der Waals surface area contributed by atoms with Crippen LogP contribution in [0.1, 0.15) is 62.4 Å². The van der Waals surface area contributed by atoms with E-state index in [-0.39, 0.29) is 41.8 Å². The molecular formula is C29H25FN2O5. The highest BCUT2D eigenvalue weighted by atomic mass is 19.1. The lowest BCUT2D eigenvalue weighted by molar-refractivity contribution is 0.0661. The van der Waals surface area contributed by atoms with E-state index in [1.807, 2.05) is 18.2 Å². The van der Waals surface area contributed by atoms with Crippen molar-refractivity contribution < 1.29 is 27.6 Å². The number of benzene rings is 2. The summed E-state index contributed by atoms with van der Waals surface area (Å²) in [5.74, 6) is 0.850. The van der Waals surface area contributed by atoms with Gasteiger partial charge in [0.05, 0.1) is 12.3 Å². The molecule has 3 heterocycles. The standard InChI is InChI=1S/C29H25FN2O5/c30-20-6-3-19(4-7-20)27-24-16-22(36-17-23-11-12-25(37-23)28(33)31-21-8-9-21)10-5-18(24)13-14-32(27)29(34)26-2-1-15-35-26/h1-7,10-12,15-16,21,27H,8-9,13-14,17H2,(H,31,33). The van der Waals surface area contributed by atoms with Gasteiger partial charge >= 0.3 is 0 Å². The second kappa shape index (κ2) is 9.61. The molecule has 4 aromatic rings. The summed E-state index contributed by atoms with van der Waals surface area (Å²) in [6.45, 7) is 0.638. The summed E-state index contributed by atoms with van der Waals surface area (Å²) in [6.07, 6.45) is 4.14. The number of hydrogen-bond donors (Lipinski definition) is 1. The van der Waals surface area contributed by atoms with Gasteiger partial charge in [-0.25, -0.2) is 4.39 Å². The van der Waals surface area contributed by atoms with E-state index in [2.05, 4.69) is 5.32 Å². The molecule has 1 atom stereocenters. The molecule has 1 aliphatic heterocycles. The highest BCUT2D eigenvalue weighted by Gasteiger charge is 2.34. The molecule has 0 radical (unpaired) electrons. The maximum atomic E-state index is 13.7. The van der Waals surface area contributed by atoms with Gasteiger partial charge in [0, 0.05) is 12.6 Å². The van der Waals surface area contributed by atoms with Crippen LogP contribution in [-0.4, -0.2) is 29.3 Å². The first-order valence-electron chi connectivity index (χ1n) is 12.3. The van der Waals surface area contributed by atoms with Crippen LogP contribution in [0.25, 0.3) is 0 Å². The van der Waals surface area contributed by atoms with E-state index in [0.717, 1.165) is 29.5 Å². The van der Waals surface area contributed by atoms with Crippen molar-refractivity contribution in [3.63, 3.8) is 0 Å². The Hall–Kier alpha value is -4.33. The third-order valence-corrected chi connectivity index (χ3v) is 6.70. The fourth-order valence-electron chi connectivity index (χ4n) is 4.66. The van der Waals surface area contributed by atoms with Crippen molar-refractivity contribution in [1.29, 1.82) is 0 Å². The number of halogens is 1. The van der Waals surface area contributed by atoms with Crippen molar-refractivity contribution in [3.8, 4) is 5.75 Å². The highest BCUT2D eigenvalue weighted by Crippen LogP contribution is 2.38. The topological polar surface area (TPSA) is 84.9 Å². The van der Waals surface area contributed by atoms with Crippen LogP contribution < -0.4 is 10.1 Å². The molecule has 2 amide bonds. The van der Waals surface area contributed by atoms with Crippen LogP contribution in [0.3, 0.4) is 0 Å². The molecule has 8 heteroatoms. The molecule has 1 fully saturated rings. The lowest BCUT2D eigenvalue weighted by atomic mass is 9.87. The van der Waals surface area contributed by atoms with Crippen LogP contribution in [0.15, 0.2) is 81.8 Å². The summed E-state index contributed by atoms with van der Waals surface area (Å²) in [6, 6.07) is 18.5. The fourth-order valence-corrected chi connectivity index (χ4v) is 4.66. The van der Waals surface area contributed by atoms with Gasteiger partial charge in [-0.05, 0) is 84.5 Å². The van der Waals surface area contributed by atoms with Gasteiger partial charge in [0.25, 0.3) is 11.8 Å². The van der Waals surface area contributed by atoms with Crippen LogP contribution in [0.4, 0.5) is 4.39 Å². The Kier molecular flexibility index (Phi) is 6.00. The van der Waals surface area contributed by atoms with Crippen molar-refractivity contribution >= 4 is 11.8 Å². The Morgan fingerprint density at radius 2 is 1.86 bits per heavy atom. The SMILES string of the molecule is O=C(NC1CC1)c1ccc(COc2ccc3c(c2)C(c2ccc(F)cc2)N(C(=O)c2ccco2)CC3)o1. The first-order valence-corrected chi connectivity index (χ1v) is 12.3. The highest BCUT2D eigenvalue weighted by molar-refractivity contribution is 5.92. The van der Waals surface area contributed by atoms with Crippen molar-refractivity contribution in [2.45, 2.75) is 38.0 Å². The smallest absolute Gasteiger partial charge is 0.290 e. The number of furan rings is 2. The minimum absolute atomic E-state index is 0.145. The first kappa shape index (κ1) is 23.1. The lowest BCUT2D eigenvalue weighted by Crippen LogP contribution is -2.40. The Balaban J connectivity index is 1.25. The summed E-state index contributed by atoms with van der Waals surface area (Å²) in [7, 11) is 0. The van der Waals surface area contributed by atoms with Crippen LogP contribution in [0, 0.1) is 5.82 Å². The van der Waals surface area contributed by atoms with Gasteiger partial charge in [0.1, 0.15) is 23.9 Å². The maximum Gasteiger partial charge on any atom is 0.290 e. The lowest BCUT2D eigenvalue weighted by Gasteiger charge is -2.37. The summed E-state index contributed by atoms with van der Waals surface area (Å²) < 4.78 is 30.8. The number of hydrogen-bond acceptors (Lipinski definition) is 5. The third kappa shape index (κ3) is 4.87. The van der Waals surface area contributed by atoms with E-state index in [1.165, 1.54) is 18.4 Å². The zero-order valence-corrected chi connectivity index (χ0v) is 20.0. The first-order chi connectivity index (χ1) is 18.0. The molecule has 1 saturated carbocycles. The van der Waals surface area contributed by atoms with Crippen LogP contribution in [0.5, 0.6) is 5.75 Å². The molecular weight excluding hydrogens is 475 g/mol. The minimum Gasteiger partial charge on any atom is -0.486 e. The zero-order valence-electron chi connectivity index (χ0n) is 20.0. The summed E-state index contributed by atoms with van der Waals surface area (Å²) in [5.41, 5.74) is 2.78. The van der Waals surface area contributed by atoms with Gasteiger partial charge in [-0.15, -0.1) is 0 Å². The van der Waals surface area contributed by atoms with E-state index in [0.29, 0.717) is 24.5 Å². The van der Waals surface area contributed by atoms with Crippen molar-refractivity contribution in [1.82, 2.24) is 10.2 Å². The predicted molar refractivity (Wildman–Crippen MR) is 132 cm³/mol. The molecule has 6 rings (SSSR count). The average molecular weight is 501 g/mol. The van der Waals surface area contributed by atoms with E-state index in [4.69, 9.17) is 13.6 Å². The molecule has 188 valence electrons. The molecule has 1 unspecified atom stereocenters. The average Bonchev–Trinajstić information content (AvgIpc) is 3.35. The number of fused-ring (bicyclic) bond motifs is 1. The molecule has 1 N–H and O–H groups in total. The number of rotatable bonds is 7. The molecule has 0 bridgehead atoms. The Morgan fingerprint density at radius 3 is 2.62 bits per heavy atom. The molecule has 2 aliphatic rings. The molecule has 2 aromatic heterocycles. The van der Waals surface area contributed by atoms with Crippen LogP contribution in [-0.2, 0) is 13.0 Å². The molecule has 37 heavy (non-hydrogen) atoms. The Morgan fingerprint density at radius 1 is 1.03 bits per heavy atom. The second-order valence-corrected chi connectivity index (χ2v) is 9.34. The molecule has 1 aliphatic carbocycles. The van der Waals surface area contributed by atoms with Gasteiger partial charge in [0.2, 0.25) is 0 Å². The zero-order chi connectivity index (χ0) is 25.4. The van der Waals surface area contributed by atoms with E-state index < -0.39 is 6.04 Å². The molecule has 2 aromatic carbocycles. The van der Waals surface area contributed by atoms with Gasteiger partial charge in [-0.3, -0.25) is 9.59 Å². The van der Waals surface area contributed by atoms with E-state index >= 15 is 0 Å². The number of ether oxygens (including phenoxy) is 1. The minimum atomic E-state index is -0.438. The monoisotopic (exact) mass is 500 g/mol. The number of carbonyl (C=O) groups is 2. The third-order valence-electron chi connectivity index (χ3n) is 6.70. The van der Waals surface area contributed by atoms with Gasteiger partial charge < -0.3 is 23.8 Å². The van der Waals surface area contributed by atoms with Gasteiger partial charge in [-0.1, -0.05) is 18.2 Å². The van der Waals surface area contributed by atoms with Crippen molar-refractivity contribution in [2.24, 2.45) is 0 Å². The molecule has 0 saturated heterocycles. The van der Waals surface area contributed by atoms with Crippen molar-refractivity contribution in [2.75, 3.05) is 6.54 Å². The molecule has 7 nitrogen and oxygen atoms in total. The summed E-state index contributed by atoms with van der Waals surface area (Å²) in [4.78, 5) is 27.3. The maximum absolute atomic E-state index is 13.7. The number of amides is 2. The number of nitrogens with zero attached hydrogens (tertiary/aromatic N) is 1. The number of carbonyl (C=O) groups excluding carboxylic acids is 2. The van der Waals surface area contributed by atoms with E-state index in [1.54, 1.807) is 41.3 Å². The molecule has 0 spiro atoms. The summed E-state index contributed by atoms with van der Waals surface area (Å²) in [5, 5.41) is 2.90.